The molecule has 1 aromatic carbocycles. The van der Waals surface area contributed by atoms with Gasteiger partial charge in [0.25, 0.3) is 0 Å². The molecule has 2 rings (SSSR count). The lowest BCUT2D eigenvalue weighted by Gasteiger charge is -2.21. The van der Waals surface area contributed by atoms with Crippen molar-refractivity contribution in [3.63, 3.8) is 0 Å². The summed E-state index contributed by atoms with van der Waals surface area (Å²) in [6.07, 6.45) is 0.564. The molecule has 2 unspecified atom stereocenters. The third-order valence-electron chi connectivity index (χ3n) is 3.47. The van der Waals surface area contributed by atoms with Crippen LogP contribution in [0.3, 0.4) is 0 Å². The number of hydrogen-bond donors (Lipinski definition) is 2. The van der Waals surface area contributed by atoms with E-state index in [0.29, 0.717) is 18.5 Å². The third kappa shape index (κ3) is 3.65. The van der Waals surface area contributed by atoms with Crippen molar-refractivity contribution >= 4 is 11.8 Å². The lowest BCUT2D eigenvalue weighted by molar-refractivity contribution is 0.0526. The van der Waals surface area contributed by atoms with Gasteiger partial charge in [-0.05, 0) is 45.7 Å². The Labute approximate surface area is 120 Å². The van der Waals surface area contributed by atoms with Gasteiger partial charge in [-0.25, -0.2) is 4.79 Å². The number of para-hydroxylation sites is 1. The summed E-state index contributed by atoms with van der Waals surface area (Å²) in [5.74, 6) is 0.432. The molecular formula is C16H24N2O2. The molecule has 1 aliphatic heterocycles. The lowest BCUT2D eigenvalue weighted by Crippen LogP contribution is -2.34. The van der Waals surface area contributed by atoms with Gasteiger partial charge in [0.15, 0.2) is 0 Å². The van der Waals surface area contributed by atoms with Crippen LogP contribution < -0.4 is 10.6 Å². The minimum Gasteiger partial charge on any atom is -0.444 e. The molecule has 4 heteroatoms. The number of hydrogen-bond acceptors (Lipinski definition) is 3. The summed E-state index contributed by atoms with van der Waals surface area (Å²) in [6.45, 7) is 8.40. The third-order valence-corrected chi connectivity index (χ3v) is 3.47. The van der Waals surface area contributed by atoms with E-state index in [1.165, 1.54) is 11.3 Å². The Morgan fingerprint density at radius 3 is 2.75 bits per heavy atom. The van der Waals surface area contributed by atoms with Crippen molar-refractivity contribution in [2.24, 2.45) is 0 Å². The molecule has 110 valence electrons. The zero-order chi connectivity index (χ0) is 14.8. The molecule has 1 amide bonds. The summed E-state index contributed by atoms with van der Waals surface area (Å²) >= 11 is 0. The molecule has 1 heterocycles. The molecule has 0 bridgehead atoms. The van der Waals surface area contributed by atoms with E-state index in [2.05, 4.69) is 35.8 Å². The highest BCUT2D eigenvalue weighted by Crippen LogP contribution is 2.37. The highest BCUT2D eigenvalue weighted by atomic mass is 16.6. The normalized spacial score (nSPS) is 21.0. The summed E-state index contributed by atoms with van der Waals surface area (Å²) in [5.41, 5.74) is 2.10. The van der Waals surface area contributed by atoms with Crippen molar-refractivity contribution in [1.29, 1.82) is 0 Å². The zero-order valence-electron chi connectivity index (χ0n) is 12.7. The second kappa shape index (κ2) is 5.73. The van der Waals surface area contributed by atoms with Crippen molar-refractivity contribution in [1.82, 2.24) is 5.32 Å². The Bertz CT molecular complexity index is 480. The van der Waals surface area contributed by atoms with Crippen LogP contribution in [0.15, 0.2) is 24.3 Å². The average Bonchev–Trinajstić information content (AvgIpc) is 2.64. The molecular weight excluding hydrogens is 252 g/mol. The van der Waals surface area contributed by atoms with E-state index in [1.54, 1.807) is 0 Å². The summed E-state index contributed by atoms with van der Waals surface area (Å²) in [7, 11) is 0. The van der Waals surface area contributed by atoms with Crippen LogP contribution in [-0.4, -0.2) is 24.3 Å². The van der Waals surface area contributed by atoms with Gasteiger partial charge in [0.05, 0.1) is 0 Å². The fourth-order valence-corrected chi connectivity index (χ4v) is 2.62. The quantitative estimate of drug-likeness (QED) is 0.888. The van der Waals surface area contributed by atoms with Gasteiger partial charge in [0, 0.05) is 24.2 Å². The summed E-state index contributed by atoms with van der Waals surface area (Å²) < 4.78 is 5.23. The molecule has 0 spiro atoms. The van der Waals surface area contributed by atoms with Gasteiger partial charge in [-0.15, -0.1) is 0 Å². The average molecular weight is 276 g/mol. The highest BCUT2D eigenvalue weighted by molar-refractivity contribution is 5.67. The smallest absolute Gasteiger partial charge is 0.407 e. The molecule has 0 saturated carbocycles. The predicted octanol–water partition coefficient (Wildman–Crippen LogP) is 3.50. The molecule has 0 aliphatic carbocycles. The number of fused-ring (bicyclic) bond motifs is 1. The highest BCUT2D eigenvalue weighted by Gasteiger charge is 2.28. The molecule has 0 radical (unpaired) electrons. The fourth-order valence-electron chi connectivity index (χ4n) is 2.62. The SMILES string of the molecule is CC1Nc2ccccc2C1CCNC(=O)OC(C)(C)C. The molecule has 0 fully saturated rings. The molecule has 1 aliphatic rings. The Hall–Kier alpha value is -1.71. The minimum absolute atomic E-state index is 0.343. The number of nitrogens with one attached hydrogen (secondary N) is 2. The fraction of sp³-hybridized carbons (Fsp3) is 0.562. The minimum atomic E-state index is -0.446. The van der Waals surface area contributed by atoms with Gasteiger partial charge in [0.1, 0.15) is 5.60 Å². The van der Waals surface area contributed by atoms with Crippen LogP contribution >= 0.6 is 0 Å². The predicted molar refractivity (Wildman–Crippen MR) is 81.1 cm³/mol. The van der Waals surface area contributed by atoms with Crippen LogP contribution in [0.2, 0.25) is 0 Å². The van der Waals surface area contributed by atoms with Crippen LogP contribution in [0.1, 0.15) is 45.6 Å². The second-order valence-corrected chi connectivity index (χ2v) is 6.34. The van der Waals surface area contributed by atoms with Gasteiger partial charge in [-0.3, -0.25) is 0 Å². The Kier molecular flexibility index (Phi) is 4.21. The van der Waals surface area contributed by atoms with Crippen molar-refractivity contribution < 1.29 is 9.53 Å². The van der Waals surface area contributed by atoms with Crippen LogP contribution in [-0.2, 0) is 4.74 Å². The van der Waals surface area contributed by atoms with Crippen LogP contribution in [0.25, 0.3) is 0 Å². The number of ether oxygens (including phenoxy) is 1. The summed E-state index contributed by atoms with van der Waals surface area (Å²) in [6, 6.07) is 8.76. The van der Waals surface area contributed by atoms with Crippen LogP contribution in [0.5, 0.6) is 0 Å². The lowest BCUT2D eigenvalue weighted by atomic mass is 9.93. The van der Waals surface area contributed by atoms with Crippen LogP contribution in [0.4, 0.5) is 10.5 Å². The van der Waals surface area contributed by atoms with Crippen molar-refractivity contribution in [3.8, 4) is 0 Å². The van der Waals surface area contributed by atoms with Crippen molar-refractivity contribution in [2.45, 2.75) is 51.7 Å². The number of carbonyl (C=O) groups excluding carboxylic acids is 1. The van der Waals surface area contributed by atoms with E-state index in [4.69, 9.17) is 4.74 Å². The maximum atomic E-state index is 11.6. The molecule has 4 nitrogen and oxygen atoms in total. The summed E-state index contributed by atoms with van der Waals surface area (Å²) in [5, 5.41) is 6.31. The maximum absolute atomic E-state index is 11.6. The molecule has 2 N–H and O–H groups in total. The van der Waals surface area contributed by atoms with E-state index in [9.17, 15) is 4.79 Å². The van der Waals surface area contributed by atoms with Crippen molar-refractivity contribution in [2.75, 3.05) is 11.9 Å². The van der Waals surface area contributed by atoms with Crippen molar-refractivity contribution in [3.05, 3.63) is 29.8 Å². The molecule has 0 saturated heterocycles. The molecule has 1 aromatic rings. The van der Waals surface area contributed by atoms with Gasteiger partial charge >= 0.3 is 6.09 Å². The first-order chi connectivity index (χ1) is 9.37. The zero-order valence-corrected chi connectivity index (χ0v) is 12.7. The van der Waals surface area contributed by atoms with E-state index in [0.717, 1.165) is 6.42 Å². The van der Waals surface area contributed by atoms with E-state index >= 15 is 0 Å². The molecule has 20 heavy (non-hydrogen) atoms. The number of benzene rings is 1. The number of amides is 1. The van der Waals surface area contributed by atoms with E-state index < -0.39 is 5.60 Å². The first-order valence-corrected chi connectivity index (χ1v) is 7.19. The number of anilines is 1. The first kappa shape index (κ1) is 14.7. The first-order valence-electron chi connectivity index (χ1n) is 7.19. The van der Waals surface area contributed by atoms with Gasteiger partial charge in [-0.1, -0.05) is 18.2 Å². The standard InChI is InChI=1S/C16H24N2O2/c1-11-12(13-7-5-6-8-14(13)18-11)9-10-17-15(19)20-16(2,3)4/h5-8,11-12,18H,9-10H2,1-4H3,(H,17,19). The number of rotatable bonds is 3. The molecule has 0 aromatic heterocycles. The largest absolute Gasteiger partial charge is 0.444 e. The van der Waals surface area contributed by atoms with Gasteiger partial charge in [-0.2, -0.15) is 0 Å². The number of alkyl carbamates (subject to hydrolysis) is 1. The Balaban J connectivity index is 1.84. The second-order valence-electron chi connectivity index (χ2n) is 6.34. The van der Waals surface area contributed by atoms with Gasteiger partial charge in [0.2, 0.25) is 0 Å². The Morgan fingerprint density at radius 1 is 1.35 bits per heavy atom. The number of carbonyl (C=O) groups is 1. The van der Waals surface area contributed by atoms with E-state index in [1.807, 2.05) is 26.8 Å². The van der Waals surface area contributed by atoms with Gasteiger partial charge < -0.3 is 15.4 Å². The maximum Gasteiger partial charge on any atom is 0.407 e. The molecule has 2 atom stereocenters. The Morgan fingerprint density at radius 2 is 2.05 bits per heavy atom. The van der Waals surface area contributed by atoms with Crippen LogP contribution in [0, 0.1) is 0 Å². The topological polar surface area (TPSA) is 50.4 Å². The van der Waals surface area contributed by atoms with E-state index in [-0.39, 0.29) is 6.09 Å². The monoisotopic (exact) mass is 276 g/mol. The summed E-state index contributed by atoms with van der Waals surface area (Å²) in [4.78, 5) is 11.6.